The van der Waals surface area contributed by atoms with Crippen LogP contribution >= 0.6 is 0 Å². The Morgan fingerprint density at radius 3 is 2.57 bits per heavy atom. The molecule has 1 heterocycles. The summed E-state index contributed by atoms with van der Waals surface area (Å²) in [6.45, 7) is -0.433. The molecule has 9 heteroatoms. The molecule has 0 bridgehead atoms. The highest BCUT2D eigenvalue weighted by Crippen LogP contribution is 2.22. The second kappa shape index (κ2) is 9.51. The smallest absolute Gasteiger partial charge is 0.422 e. The van der Waals surface area contributed by atoms with E-state index < -0.39 is 24.9 Å². The predicted octanol–water partition coefficient (Wildman–Crippen LogP) is 4.11. The molecular weight excluding hydrogens is 399 g/mol. The maximum Gasteiger partial charge on any atom is 0.422 e. The second-order valence-corrected chi connectivity index (χ2v) is 6.94. The fraction of sp³-hybridized carbons (Fsp3) is 0.333. The van der Waals surface area contributed by atoms with Crippen molar-refractivity contribution < 1.29 is 27.5 Å². The van der Waals surface area contributed by atoms with Gasteiger partial charge in [-0.25, -0.2) is 4.79 Å². The molecule has 0 spiro atoms. The van der Waals surface area contributed by atoms with Gasteiger partial charge in [0.15, 0.2) is 6.61 Å². The molecule has 1 saturated heterocycles. The minimum atomic E-state index is -4.45. The van der Waals surface area contributed by atoms with Crippen molar-refractivity contribution in [2.24, 2.45) is 0 Å². The zero-order valence-corrected chi connectivity index (χ0v) is 16.1. The van der Waals surface area contributed by atoms with Crippen LogP contribution in [0.4, 0.5) is 23.7 Å². The van der Waals surface area contributed by atoms with E-state index in [-0.39, 0.29) is 17.3 Å². The van der Waals surface area contributed by atoms with Gasteiger partial charge in [-0.1, -0.05) is 36.4 Å². The molecule has 6 nitrogen and oxygen atoms in total. The van der Waals surface area contributed by atoms with Crippen molar-refractivity contribution in [1.29, 1.82) is 0 Å². The van der Waals surface area contributed by atoms with Gasteiger partial charge in [-0.15, -0.1) is 0 Å². The highest BCUT2D eigenvalue weighted by Gasteiger charge is 2.28. The van der Waals surface area contributed by atoms with Crippen LogP contribution in [0.2, 0.25) is 0 Å². The summed E-state index contributed by atoms with van der Waals surface area (Å²) in [4.78, 5) is 26.2. The van der Waals surface area contributed by atoms with Crippen molar-refractivity contribution in [2.75, 3.05) is 25.0 Å². The molecule has 1 fully saturated rings. The average molecular weight is 421 g/mol. The van der Waals surface area contributed by atoms with Crippen molar-refractivity contribution in [3.05, 3.63) is 60.2 Å². The standard InChI is InChI=1S/C21H22F3N3O3/c22-21(23,24)14-30-17-9-4-8-16(12-17)25-20(29)26-18(15-6-2-1-3-7-15)13-27-11-5-10-19(27)28/h1-4,6-9,12,18H,5,10-11,13-14H2,(H2,25,26,29). The van der Waals surface area contributed by atoms with Gasteiger partial charge in [0, 0.05) is 31.3 Å². The van der Waals surface area contributed by atoms with Crippen LogP contribution in [0.3, 0.4) is 0 Å². The van der Waals surface area contributed by atoms with E-state index in [4.69, 9.17) is 4.74 Å². The first kappa shape index (κ1) is 21.5. The van der Waals surface area contributed by atoms with Crippen molar-refractivity contribution in [3.63, 3.8) is 0 Å². The number of anilines is 1. The van der Waals surface area contributed by atoms with E-state index in [9.17, 15) is 22.8 Å². The zero-order valence-electron chi connectivity index (χ0n) is 16.1. The number of alkyl halides is 3. The van der Waals surface area contributed by atoms with E-state index in [1.165, 1.54) is 18.2 Å². The number of hydrogen-bond donors (Lipinski definition) is 2. The fourth-order valence-corrected chi connectivity index (χ4v) is 3.19. The largest absolute Gasteiger partial charge is 0.484 e. The summed E-state index contributed by atoms with van der Waals surface area (Å²) in [5, 5.41) is 5.44. The Morgan fingerprint density at radius 1 is 1.13 bits per heavy atom. The summed E-state index contributed by atoms with van der Waals surface area (Å²) in [5.74, 6) is 0.0417. The van der Waals surface area contributed by atoms with E-state index in [1.807, 2.05) is 30.3 Å². The van der Waals surface area contributed by atoms with Crippen LogP contribution in [0.5, 0.6) is 5.75 Å². The van der Waals surface area contributed by atoms with Crippen molar-refractivity contribution in [2.45, 2.75) is 25.1 Å². The maximum atomic E-state index is 12.5. The van der Waals surface area contributed by atoms with Gasteiger partial charge in [0.05, 0.1) is 6.04 Å². The quantitative estimate of drug-likeness (QED) is 0.707. The van der Waals surface area contributed by atoms with Crippen LogP contribution in [0.1, 0.15) is 24.4 Å². The predicted molar refractivity (Wildman–Crippen MR) is 105 cm³/mol. The van der Waals surface area contributed by atoms with Gasteiger partial charge in [-0.05, 0) is 24.1 Å². The minimum Gasteiger partial charge on any atom is -0.484 e. The molecule has 2 aromatic carbocycles. The number of benzene rings is 2. The zero-order chi connectivity index (χ0) is 21.6. The number of ether oxygens (including phenoxy) is 1. The Hall–Kier alpha value is -3.23. The topological polar surface area (TPSA) is 70.7 Å². The Morgan fingerprint density at radius 2 is 1.90 bits per heavy atom. The first-order chi connectivity index (χ1) is 14.3. The summed E-state index contributed by atoms with van der Waals surface area (Å²) in [5.41, 5.74) is 1.13. The third-order valence-corrected chi connectivity index (χ3v) is 4.58. The van der Waals surface area contributed by atoms with Gasteiger partial charge in [0.25, 0.3) is 0 Å². The van der Waals surface area contributed by atoms with Gasteiger partial charge in [0.2, 0.25) is 5.91 Å². The molecule has 1 aliphatic rings. The summed E-state index contributed by atoms with van der Waals surface area (Å²) < 4.78 is 41.7. The molecule has 3 rings (SSSR count). The number of halogens is 3. The lowest BCUT2D eigenvalue weighted by molar-refractivity contribution is -0.153. The number of likely N-dealkylation sites (tertiary alicyclic amines) is 1. The maximum absolute atomic E-state index is 12.5. The normalized spacial score (nSPS) is 15.0. The molecule has 0 radical (unpaired) electrons. The van der Waals surface area contributed by atoms with Crippen LogP contribution in [0.25, 0.3) is 0 Å². The molecule has 1 unspecified atom stereocenters. The van der Waals surface area contributed by atoms with E-state index in [0.717, 1.165) is 12.0 Å². The first-order valence-corrected chi connectivity index (χ1v) is 9.50. The molecule has 30 heavy (non-hydrogen) atoms. The lowest BCUT2D eigenvalue weighted by atomic mass is 10.1. The third kappa shape index (κ3) is 6.40. The Bertz CT molecular complexity index is 875. The van der Waals surface area contributed by atoms with Crippen LogP contribution in [-0.2, 0) is 4.79 Å². The van der Waals surface area contributed by atoms with Gasteiger partial charge >= 0.3 is 12.2 Å². The van der Waals surface area contributed by atoms with Gasteiger partial charge in [-0.3, -0.25) is 4.79 Å². The van der Waals surface area contributed by atoms with Crippen molar-refractivity contribution >= 4 is 17.6 Å². The van der Waals surface area contributed by atoms with Crippen molar-refractivity contribution in [1.82, 2.24) is 10.2 Å². The van der Waals surface area contributed by atoms with Gasteiger partial charge < -0.3 is 20.3 Å². The molecule has 0 aromatic heterocycles. The number of amides is 3. The van der Waals surface area contributed by atoms with E-state index >= 15 is 0 Å². The monoisotopic (exact) mass is 421 g/mol. The summed E-state index contributed by atoms with van der Waals surface area (Å²) in [7, 11) is 0. The molecule has 0 aliphatic carbocycles. The van der Waals surface area contributed by atoms with Gasteiger partial charge in [0.1, 0.15) is 5.75 Å². The molecule has 0 saturated carbocycles. The number of nitrogens with one attached hydrogen (secondary N) is 2. The lowest BCUT2D eigenvalue weighted by Crippen LogP contribution is -2.40. The van der Waals surface area contributed by atoms with Crippen LogP contribution in [0, 0.1) is 0 Å². The number of urea groups is 1. The minimum absolute atomic E-state index is 0.00704. The summed E-state index contributed by atoms with van der Waals surface area (Å²) >= 11 is 0. The second-order valence-electron chi connectivity index (χ2n) is 6.94. The Balaban J connectivity index is 1.65. The SMILES string of the molecule is O=C(Nc1cccc(OCC(F)(F)F)c1)NC(CN1CCCC1=O)c1ccccc1. The van der Waals surface area contributed by atoms with Crippen LogP contribution < -0.4 is 15.4 Å². The molecule has 1 aliphatic heterocycles. The molecule has 160 valence electrons. The first-order valence-electron chi connectivity index (χ1n) is 9.50. The number of carbonyl (C=O) groups is 2. The highest BCUT2D eigenvalue weighted by molar-refractivity contribution is 5.89. The van der Waals surface area contributed by atoms with Crippen molar-refractivity contribution in [3.8, 4) is 5.75 Å². The Kier molecular flexibility index (Phi) is 6.81. The molecule has 2 aromatic rings. The third-order valence-electron chi connectivity index (χ3n) is 4.58. The summed E-state index contributed by atoms with van der Waals surface area (Å²) in [6.07, 6.45) is -3.16. The number of carbonyl (C=O) groups excluding carboxylic acids is 2. The molecular formula is C21H22F3N3O3. The number of hydrogen-bond acceptors (Lipinski definition) is 3. The Labute approximate surface area is 172 Å². The highest BCUT2D eigenvalue weighted by atomic mass is 19.4. The lowest BCUT2D eigenvalue weighted by Gasteiger charge is -2.25. The number of rotatable bonds is 7. The van der Waals surface area contributed by atoms with E-state index in [1.54, 1.807) is 11.0 Å². The molecule has 1 atom stereocenters. The van der Waals surface area contributed by atoms with Crippen LogP contribution in [0.15, 0.2) is 54.6 Å². The number of nitrogens with zero attached hydrogens (tertiary/aromatic N) is 1. The fourth-order valence-electron chi connectivity index (χ4n) is 3.19. The molecule has 2 N–H and O–H groups in total. The van der Waals surface area contributed by atoms with E-state index in [2.05, 4.69) is 10.6 Å². The summed E-state index contributed by atoms with van der Waals surface area (Å²) in [6, 6.07) is 14.0. The van der Waals surface area contributed by atoms with E-state index in [0.29, 0.717) is 19.5 Å². The van der Waals surface area contributed by atoms with Gasteiger partial charge in [-0.2, -0.15) is 13.2 Å². The average Bonchev–Trinajstić information content (AvgIpc) is 3.11. The van der Waals surface area contributed by atoms with Crippen LogP contribution in [-0.4, -0.2) is 42.7 Å². The molecule has 3 amide bonds.